The number of aromatic nitrogens is 3. The predicted octanol–water partition coefficient (Wildman–Crippen LogP) is 13.4. The van der Waals surface area contributed by atoms with E-state index in [1.807, 2.05) is 24.3 Å². The molecule has 0 saturated heterocycles. The van der Waals surface area contributed by atoms with E-state index in [9.17, 15) is 5.11 Å². The molecule has 2 aromatic heterocycles. The fourth-order valence-electron chi connectivity index (χ4n) is 7.21. The minimum atomic E-state index is 0. The van der Waals surface area contributed by atoms with Gasteiger partial charge in [0.05, 0.1) is 22.6 Å². The first kappa shape index (κ1) is 38.9. The third-order valence-corrected chi connectivity index (χ3v) is 10.4. The average Bonchev–Trinajstić information content (AvgIpc) is 3.54. The van der Waals surface area contributed by atoms with Gasteiger partial charge in [0.2, 0.25) is 0 Å². The third kappa shape index (κ3) is 7.59. The zero-order chi connectivity index (χ0) is 37.6. The van der Waals surface area contributed by atoms with Crippen LogP contribution in [-0.2, 0) is 21.1 Å². The smallest absolute Gasteiger partial charge is 0.124 e. The summed E-state index contributed by atoms with van der Waals surface area (Å²) in [6.07, 6.45) is 0. The Morgan fingerprint density at radius 1 is 0.593 bits per heavy atom. The van der Waals surface area contributed by atoms with Gasteiger partial charge >= 0.3 is 0 Å². The SMILES string of the molecule is Cc1cc(-c2ccccc2O)nc(-c2[c-]c(-c3nc4ccccc4n3-c3cc(C(C)C)cc(C(C)C)c3)ccc2)c1-c1cc(C(C)C)cc(C(C)C)c1.[Pt]. The van der Waals surface area contributed by atoms with Gasteiger partial charge in [-0.2, -0.15) is 0 Å². The Morgan fingerprint density at radius 3 is 1.76 bits per heavy atom. The van der Waals surface area contributed by atoms with Crippen LogP contribution in [0.5, 0.6) is 5.75 Å². The first-order chi connectivity index (χ1) is 25.4. The summed E-state index contributed by atoms with van der Waals surface area (Å²) in [5.74, 6) is 2.56. The maximum Gasteiger partial charge on any atom is 0.124 e. The molecule has 0 atom stereocenters. The summed E-state index contributed by atoms with van der Waals surface area (Å²) in [5, 5.41) is 10.9. The number of hydrogen-bond donors (Lipinski definition) is 1. The Kier molecular flexibility index (Phi) is 11.5. The van der Waals surface area contributed by atoms with Gasteiger partial charge in [-0.15, -0.1) is 24.3 Å². The van der Waals surface area contributed by atoms with Crippen molar-refractivity contribution in [2.24, 2.45) is 0 Å². The Hall–Kier alpha value is -4.79. The van der Waals surface area contributed by atoms with Gasteiger partial charge in [-0.3, -0.25) is 9.97 Å². The van der Waals surface area contributed by atoms with Crippen LogP contribution in [0, 0.1) is 13.0 Å². The van der Waals surface area contributed by atoms with Crippen LogP contribution >= 0.6 is 0 Å². The molecule has 5 aromatic carbocycles. The van der Waals surface area contributed by atoms with Gasteiger partial charge < -0.3 is 9.67 Å². The topological polar surface area (TPSA) is 50.9 Å². The molecule has 0 fully saturated rings. The first-order valence-corrected chi connectivity index (χ1v) is 19.0. The van der Waals surface area contributed by atoms with E-state index in [1.165, 1.54) is 22.3 Å². The van der Waals surface area contributed by atoms with E-state index in [-0.39, 0.29) is 26.8 Å². The van der Waals surface area contributed by atoms with Crippen LogP contribution < -0.4 is 0 Å². The molecular formula is C49H50N3OPt-. The molecule has 7 aromatic rings. The van der Waals surface area contributed by atoms with Crippen LogP contribution in [0.15, 0.2) is 109 Å². The number of imidazole rings is 1. The van der Waals surface area contributed by atoms with Gasteiger partial charge in [0, 0.05) is 38.0 Å². The Bertz CT molecular complexity index is 2400. The number of pyridine rings is 1. The number of hydrogen-bond acceptors (Lipinski definition) is 3. The van der Waals surface area contributed by atoms with E-state index in [0.717, 1.165) is 61.8 Å². The third-order valence-electron chi connectivity index (χ3n) is 10.4. The van der Waals surface area contributed by atoms with Crippen molar-refractivity contribution in [2.45, 2.75) is 86.0 Å². The second kappa shape index (κ2) is 15.9. The number of benzene rings is 5. The van der Waals surface area contributed by atoms with Crippen LogP contribution in [-0.4, -0.2) is 19.6 Å². The summed E-state index contributed by atoms with van der Waals surface area (Å²) in [4.78, 5) is 10.6. The van der Waals surface area contributed by atoms with E-state index in [4.69, 9.17) is 9.97 Å². The maximum absolute atomic E-state index is 10.9. The molecule has 0 aliphatic heterocycles. The van der Waals surface area contributed by atoms with Crippen molar-refractivity contribution in [1.29, 1.82) is 0 Å². The fraction of sp³-hybridized carbons (Fsp3) is 0.265. The van der Waals surface area contributed by atoms with Gasteiger partial charge in [0.15, 0.2) is 0 Å². The summed E-state index contributed by atoms with van der Waals surface area (Å²) in [6.45, 7) is 20.2. The normalized spacial score (nSPS) is 11.6. The van der Waals surface area contributed by atoms with Crippen molar-refractivity contribution >= 4 is 11.0 Å². The van der Waals surface area contributed by atoms with Crippen LogP contribution in [0.3, 0.4) is 0 Å². The molecule has 54 heavy (non-hydrogen) atoms. The molecule has 2 heterocycles. The summed E-state index contributed by atoms with van der Waals surface area (Å²) in [5.41, 5.74) is 15.6. The molecule has 7 rings (SSSR count). The molecule has 0 saturated carbocycles. The average molecular weight is 892 g/mol. The van der Waals surface area contributed by atoms with E-state index in [0.29, 0.717) is 29.2 Å². The molecule has 4 nitrogen and oxygen atoms in total. The zero-order valence-electron chi connectivity index (χ0n) is 32.8. The molecule has 1 N–H and O–H groups in total. The number of aryl methyl sites for hydroxylation is 1. The second-order valence-electron chi connectivity index (χ2n) is 15.7. The zero-order valence-corrected chi connectivity index (χ0v) is 35.1. The molecule has 5 heteroatoms. The molecule has 0 amide bonds. The summed E-state index contributed by atoms with van der Waals surface area (Å²) >= 11 is 0. The van der Waals surface area contributed by atoms with E-state index >= 15 is 0 Å². The van der Waals surface area contributed by atoms with E-state index in [2.05, 4.69) is 152 Å². The van der Waals surface area contributed by atoms with Gasteiger partial charge in [-0.05, 0) is 112 Å². The van der Waals surface area contributed by atoms with Crippen molar-refractivity contribution in [3.05, 3.63) is 143 Å². The van der Waals surface area contributed by atoms with Crippen molar-refractivity contribution in [2.75, 3.05) is 0 Å². The quantitative estimate of drug-likeness (QED) is 0.147. The predicted molar refractivity (Wildman–Crippen MR) is 222 cm³/mol. The van der Waals surface area contributed by atoms with Gasteiger partial charge in [-0.1, -0.05) is 115 Å². The number of fused-ring (bicyclic) bond motifs is 1. The number of phenolic OH excluding ortho intramolecular Hbond substituents is 1. The van der Waals surface area contributed by atoms with E-state index < -0.39 is 0 Å². The first-order valence-electron chi connectivity index (χ1n) is 19.0. The van der Waals surface area contributed by atoms with Crippen LogP contribution in [0.4, 0.5) is 0 Å². The molecule has 0 bridgehead atoms. The van der Waals surface area contributed by atoms with Crippen molar-refractivity contribution in [3.63, 3.8) is 0 Å². The molecule has 0 spiro atoms. The van der Waals surface area contributed by atoms with E-state index in [1.54, 1.807) is 6.07 Å². The van der Waals surface area contributed by atoms with Gasteiger partial charge in [-0.25, -0.2) is 0 Å². The monoisotopic (exact) mass is 891 g/mol. The van der Waals surface area contributed by atoms with Crippen molar-refractivity contribution in [3.8, 4) is 56.5 Å². The molecule has 0 aliphatic rings. The number of phenols is 1. The van der Waals surface area contributed by atoms with Crippen LogP contribution in [0.2, 0.25) is 0 Å². The Labute approximate surface area is 335 Å². The molecule has 0 aliphatic carbocycles. The standard InChI is InChI=1S/C49H50N3O.Pt/c1-29(2)36-23-37(30(3)4)26-40(25-36)47-33(9)21-44(42-17-10-13-20-46(42)53)50-48(47)34-15-14-16-35(22-34)49-51-43-18-11-12-19-45(43)52(49)41-27-38(31(5)6)24-39(28-41)32(7)8;/h10-21,23-32,53H,1-9H3;/q-1;. The number of para-hydroxylation sites is 3. The molecule has 0 unspecified atom stereocenters. The second-order valence-corrected chi connectivity index (χ2v) is 15.7. The molecular weight excluding hydrogens is 842 g/mol. The Balaban J connectivity index is 0.00000497. The van der Waals surface area contributed by atoms with Crippen molar-refractivity contribution in [1.82, 2.24) is 14.5 Å². The maximum atomic E-state index is 10.9. The minimum Gasteiger partial charge on any atom is -0.507 e. The van der Waals surface area contributed by atoms with Gasteiger partial charge in [0.25, 0.3) is 0 Å². The summed E-state index contributed by atoms with van der Waals surface area (Å²) < 4.78 is 2.29. The summed E-state index contributed by atoms with van der Waals surface area (Å²) in [6, 6.07) is 42.0. The van der Waals surface area contributed by atoms with Crippen molar-refractivity contribution < 1.29 is 26.2 Å². The molecule has 0 radical (unpaired) electrons. The minimum absolute atomic E-state index is 0. The molecule has 278 valence electrons. The number of aromatic hydroxyl groups is 1. The van der Waals surface area contributed by atoms with Crippen LogP contribution in [0.1, 0.15) is 107 Å². The number of nitrogens with zero attached hydrogens (tertiary/aromatic N) is 3. The largest absolute Gasteiger partial charge is 0.507 e. The van der Waals surface area contributed by atoms with Crippen LogP contribution in [0.25, 0.3) is 61.8 Å². The number of rotatable bonds is 9. The Morgan fingerprint density at radius 2 is 1.15 bits per heavy atom. The van der Waals surface area contributed by atoms with Gasteiger partial charge in [0.1, 0.15) is 5.75 Å². The summed E-state index contributed by atoms with van der Waals surface area (Å²) in [7, 11) is 0. The fourth-order valence-corrected chi connectivity index (χ4v) is 7.21.